The minimum Gasteiger partial charge on any atom is -0.383 e. The predicted molar refractivity (Wildman–Crippen MR) is 60.8 cm³/mol. The second kappa shape index (κ2) is 6.26. The van der Waals surface area contributed by atoms with Crippen LogP contribution in [0, 0.1) is 11.3 Å². The number of aryl methyl sites for hydroxylation is 2. The average Bonchev–Trinajstić information content (AvgIpc) is 2.66. The van der Waals surface area contributed by atoms with E-state index >= 15 is 0 Å². The highest BCUT2D eigenvalue weighted by Crippen LogP contribution is 2.16. The van der Waals surface area contributed by atoms with E-state index in [1.165, 1.54) is 0 Å². The summed E-state index contributed by atoms with van der Waals surface area (Å²) in [6, 6.07) is 1.94. The van der Waals surface area contributed by atoms with Crippen molar-refractivity contribution in [3.05, 3.63) is 17.5 Å². The number of nitrogens with one attached hydrogen (secondary N) is 1. The lowest BCUT2D eigenvalue weighted by Crippen LogP contribution is -2.24. The van der Waals surface area contributed by atoms with Gasteiger partial charge in [-0.05, 0) is 6.42 Å². The van der Waals surface area contributed by atoms with Crippen LogP contribution in [-0.4, -0.2) is 30.0 Å². The Morgan fingerprint density at radius 2 is 2.44 bits per heavy atom. The van der Waals surface area contributed by atoms with E-state index in [9.17, 15) is 0 Å². The third kappa shape index (κ3) is 3.05. The van der Waals surface area contributed by atoms with E-state index in [2.05, 4.69) is 16.5 Å². The standard InChI is InChI=1S/C11H18N4O/c1-4-10-9(8-15(2)14-10)11(7-12)13-5-6-16-3/h8,11,13H,4-6H2,1-3H3. The molecular weight excluding hydrogens is 204 g/mol. The average molecular weight is 222 g/mol. The Bertz CT molecular complexity index is 367. The highest BCUT2D eigenvalue weighted by Gasteiger charge is 2.16. The Morgan fingerprint density at radius 1 is 1.69 bits per heavy atom. The van der Waals surface area contributed by atoms with Crippen molar-refractivity contribution in [2.24, 2.45) is 7.05 Å². The molecule has 0 aliphatic heterocycles. The SMILES string of the molecule is CCc1nn(C)cc1C(C#N)NCCOC. The van der Waals surface area contributed by atoms with Crippen molar-refractivity contribution in [1.29, 1.82) is 5.26 Å². The minimum atomic E-state index is -0.307. The van der Waals surface area contributed by atoms with Crippen LogP contribution in [-0.2, 0) is 18.2 Å². The second-order valence-corrected chi connectivity index (χ2v) is 3.57. The summed E-state index contributed by atoms with van der Waals surface area (Å²) in [5, 5.41) is 16.6. The number of nitriles is 1. The Kier molecular flexibility index (Phi) is 4.96. The molecule has 1 atom stereocenters. The first-order valence-corrected chi connectivity index (χ1v) is 5.37. The molecule has 0 fully saturated rings. The first-order chi connectivity index (χ1) is 7.72. The van der Waals surface area contributed by atoms with Crippen LogP contribution in [0.25, 0.3) is 0 Å². The topological polar surface area (TPSA) is 62.9 Å². The van der Waals surface area contributed by atoms with Gasteiger partial charge in [0, 0.05) is 32.5 Å². The molecule has 0 spiro atoms. The number of rotatable bonds is 6. The Balaban J connectivity index is 2.74. The molecule has 1 aromatic heterocycles. The van der Waals surface area contributed by atoms with Crippen molar-refractivity contribution in [2.75, 3.05) is 20.3 Å². The number of hydrogen-bond donors (Lipinski definition) is 1. The van der Waals surface area contributed by atoms with Crippen LogP contribution in [0.15, 0.2) is 6.20 Å². The fourth-order valence-electron chi connectivity index (χ4n) is 1.60. The predicted octanol–water partition coefficient (Wildman–Crippen LogP) is 0.783. The molecule has 1 rings (SSSR count). The van der Waals surface area contributed by atoms with E-state index < -0.39 is 0 Å². The Hall–Kier alpha value is -1.38. The summed E-state index contributed by atoms with van der Waals surface area (Å²) in [6.45, 7) is 3.29. The third-order valence-electron chi connectivity index (χ3n) is 2.37. The highest BCUT2D eigenvalue weighted by molar-refractivity contribution is 5.26. The van der Waals surface area contributed by atoms with Gasteiger partial charge in [-0.15, -0.1) is 0 Å². The van der Waals surface area contributed by atoms with Crippen LogP contribution in [0.4, 0.5) is 0 Å². The zero-order valence-corrected chi connectivity index (χ0v) is 10.0. The van der Waals surface area contributed by atoms with Gasteiger partial charge in [-0.3, -0.25) is 10.00 Å². The lowest BCUT2D eigenvalue weighted by molar-refractivity contribution is 0.198. The molecule has 1 heterocycles. The van der Waals surface area contributed by atoms with Gasteiger partial charge in [-0.1, -0.05) is 6.92 Å². The Morgan fingerprint density at radius 3 is 3.00 bits per heavy atom. The normalized spacial score (nSPS) is 12.4. The molecule has 0 aliphatic carbocycles. The molecule has 0 aromatic carbocycles. The Labute approximate surface area is 96.0 Å². The van der Waals surface area contributed by atoms with Gasteiger partial charge in [0.25, 0.3) is 0 Å². The maximum atomic E-state index is 9.12. The number of nitrogens with zero attached hydrogens (tertiary/aromatic N) is 3. The number of aromatic nitrogens is 2. The van der Waals surface area contributed by atoms with Gasteiger partial charge in [0.2, 0.25) is 0 Å². The van der Waals surface area contributed by atoms with Gasteiger partial charge in [-0.2, -0.15) is 10.4 Å². The van der Waals surface area contributed by atoms with Crippen LogP contribution in [0.1, 0.15) is 24.2 Å². The monoisotopic (exact) mass is 222 g/mol. The van der Waals surface area contributed by atoms with Gasteiger partial charge < -0.3 is 4.74 Å². The van der Waals surface area contributed by atoms with E-state index in [0.717, 1.165) is 17.7 Å². The zero-order valence-electron chi connectivity index (χ0n) is 10.0. The summed E-state index contributed by atoms with van der Waals surface area (Å²) < 4.78 is 6.69. The molecule has 0 saturated carbocycles. The van der Waals surface area contributed by atoms with Crippen molar-refractivity contribution < 1.29 is 4.74 Å². The van der Waals surface area contributed by atoms with E-state index in [1.54, 1.807) is 11.8 Å². The second-order valence-electron chi connectivity index (χ2n) is 3.57. The zero-order chi connectivity index (χ0) is 12.0. The molecule has 0 bridgehead atoms. The molecule has 1 aromatic rings. The molecule has 5 nitrogen and oxygen atoms in total. The number of hydrogen-bond acceptors (Lipinski definition) is 4. The largest absolute Gasteiger partial charge is 0.383 e. The van der Waals surface area contributed by atoms with Crippen molar-refractivity contribution >= 4 is 0 Å². The minimum absolute atomic E-state index is 0.307. The van der Waals surface area contributed by atoms with Gasteiger partial charge in [0.05, 0.1) is 18.4 Å². The van der Waals surface area contributed by atoms with E-state index in [0.29, 0.717) is 13.2 Å². The summed E-state index contributed by atoms with van der Waals surface area (Å²) in [4.78, 5) is 0. The van der Waals surface area contributed by atoms with Gasteiger partial charge >= 0.3 is 0 Å². The molecule has 1 unspecified atom stereocenters. The fourth-order valence-corrected chi connectivity index (χ4v) is 1.60. The van der Waals surface area contributed by atoms with Gasteiger partial charge in [-0.25, -0.2) is 0 Å². The van der Waals surface area contributed by atoms with E-state index in [1.807, 2.05) is 20.2 Å². The molecule has 16 heavy (non-hydrogen) atoms. The van der Waals surface area contributed by atoms with Crippen molar-refractivity contribution in [2.45, 2.75) is 19.4 Å². The molecule has 0 radical (unpaired) electrons. The number of methoxy groups -OCH3 is 1. The molecule has 88 valence electrons. The molecule has 5 heteroatoms. The van der Waals surface area contributed by atoms with Crippen molar-refractivity contribution in [1.82, 2.24) is 15.1 Å². The van der Waals surface area contributed by atoms with Crippen LogP contribution in [0.5, 0.6) is 0 Å². The van der Waals surface area contributed by atoms with E-state index in [4.69, 9.17) is 10.00 Å². The summed E-state index contributed by atoms with van der Waals surface area (Å²) in [5.74, 6) is 0. The maximum absolute atomic E-state index is 9.12. The number of ether oxygens (including phenoxy) is 1. The lowest BCUT2D eigenvalue weighted by Gasteiger charge is -2.10. The smallest absolute Gasteiger partial charge is 0.124 e. The maximum Gasteiger partial charge on any atom is 0.124 e. The molecule has 0 saturated heterocycles. The lowest BCUT2D eigenvalue weighted by atomic mass is 10.1. The fraction of sp³-hybridized carbons (Fsp3) is 0.636. The van der Waals surface area contributed by atoms with Crippen LogP contribution in [0.3, 0.4) is 0 Å². The van der Waals surface area contributed by atoms with E-state index in [-0.39, 0.29) is 6.04 Å². The molecule has 0 amide bonds. The summed E-state index contributed by atoms with van der Waals surface area (Å²) >= 11 is 0. The summed E-state index contributed by atoms with van der Waals surface area (Å²) in [7, 11) is 3.51. The van der Waals surface area contributed by atoms with Gasteiger partial charge in [0.15, 0.2) is 0 Å². The van der Waals surface area contributed by atoms with Crippen LogP contribution < -0.4 is 5.32 Å². The summed E-state index contributed by atoms with van der Waals surface area (Å²) in [5.41, 5.74) is 1.93. The van der Waals surface area contributed by atoms with Crippen molar-refractivity contribution in [3.63, 3.8) is 0 Å². The first-order valence-electron chi connectivity index (χ1n) is 5.37. The quantitative estimate of drug-likeness (QED) is 0.723. The van der Waals surface area contributed by atoms with Gasteiger partial charge in [0.1, 0.15) is 6.04 Å². The molecular formula is C11H18N4O. The molecule has 0 aliphatic rings. The summed E-state index contributed by atoms with van der Waals surface area (Å²) in [6.07, 6.45) is 2.73. The van der Waals surface area contributed by atoms with Crippen molar-refractivity contribution in [3.8, 4) is 6.07 Å². The van der Waals surface area contributed by atoms with Crippen LogP contribution in [0.2, 0.25) is 0 Å². The molecule has 1 N–H and O–H groups in total. The van der Waals surface area contributed by atoms with Crippen LogP contribution >= 0.6 is 0 Å². The third-order valence-corrected chi connectivity index (χ3v) is 2.37. The highest BCUT2D eigenvalue weighted by atomic mass is 16.5. The first kappa shape index (κ1) is 12.7.